The standard InChI is InChI=1S/C17H25N3O2/c1-2-3-16(21)20-15-6-4-13(5-7-15)12-19-17(22)14-8-10-18-11-9-14/h4-7,14,18H,2-3,8-12H2,1H3,(H,19,22)(H,20,21). The minimum absolute atomic E-state index is 0.0365. The molecule has 1 aromatic carbocycles. The number of rotatable bonds is 6. The first-order chi connectivity index (χ1) is 10.7. The van der Waals surface area contributed by atoms with Gasteiger partial charge in [-0.05, 0) is 50.0 Å². The van der Waals surface area contributed by atoms with Gasteiger partial charge in [-0.25, -0.2) is 0 Å². The predicted molar refractivity (Wildman–Crippen MR) is 87.4 cm³/mol. The van der Waals surface area contributed by atoms with Crippen molar-refractivity contribution < 1.29 is 9.59 Å². The van der Waals surface area contributed by atoms with Gasteiger partial charge in [0.2, 0.25) is 11.8 Å². The summed E-state index contributed by atoms with van der Waals surface area (Å²) in [6.45, 7) is 4.36. The third-order valence-corrected chi connectivity index (χ3v) is 3.89. The lowest BCUT2D eigenvalue weighted by Crippen LogP contribution is -2.37. The van der Waals surface area contributed by atoms with Crippen molar-refractivity contribution in [2.75, 3.05) is 18.4 Å². The molecule has 0 aliphatic carbocycles. The van der Waals surface area contributed by atoms with Gasteiger partial charge in [0.05, 0.1) is 0 Å². The van der Waals surface area contributed by atoms with E-state index in [0.717, 1.165) is 43.6 Å². The van der Waals surface area contributed by atoms with E-state index in [4.69, 9.17) is 0 Å². The Hall–Kier alpha value is -1.88. The van der Waals surface area contributed by atoms with Gasteiger partial charge >= 0.3 is 0 Å². The summed E-state index contributed by atoms with van der Waals surface area (Å²) in [4.78, 5) is 23.6. The number of piperidine rings is 1. The highest BCUT2D eigenvalue weighted by Gasteiger charge is 2.20. The van der Waals surface area contributed by atoms with Crippen LogP contribution in [-0.4, -0.2) is 24.9 Å². The molecule has 1 aliphatic rings. The molecule has 3 N–H and O–H groups in total. The maximum atomic E-state index is 12.1. The highest BCUT2D eigenvalue weighted by molar-refractivity contribution is 5.90. The zero-order chi connectivity index (χ0) is 15.8. The van der Waals surface area contributed by atoms with E-state index in [-0.39, 0.29) is 17.7 Å². The molecule has 0 unspecified atom stereocenters. The van der Waals surface area contributed by atoms with Crippen molar-refractivity contribution in [3.63, 3.8) is 0 Å². The topological polar surface area (TPSA) is 70.2 Å². The Balaban J connectivity index is 1.78. The van der Waals surface area contributed by atoms with Crippen LogP contribution in [0.25, 0.3) is 0 Å². The molecule has 0 spiro atoms. The minimum Gasteiger partial charge on any atom is -0.352 e. The van der Waals surface area contributed by atoms with E-state index < -0.39 is 0 Å². The van der Waals surface area contributed by atoms with Crippen molar-refractivity contribution in [2.45, 2.75) is 39.2 Å². The van der Waals surface area contributed by atoms with Crippen LogP contribution in [0.5, 0.6) is 0 Å². The number of carbonyl (C=O) groups excluding carboxylic acids is 2. The van der Waals surface area contributed by atoms with Gasteiger partial charge < -0.3 is 16.0 Å². The molecule has 0 bridgehead atoms. The molecule has 5 nitrogen and oxygen atoms in total. The largest absolute Gasteiger partial charge is 0.352 e. The molecule has 2 amide bonds. The first-order valence-corrected chi connectivity index (χ1v) is 8.06. The summed E-state index contributed by atoms with van der Waals surface area (Å²) in [5.74, 6) is 0.310. The van der Waals surface area contributed by atoms with E-state index >= 15 is 0 Å². The van der Waals surface area contributed by atoms with Crippen LogP contribution in [0.15, 0.2) is 24.3 Å². The van der Waals surface area contributed by atoms with E-state index in [0.29, 0.717) is 13.0 Å². The average molecular weight is 303 g/mol. The van der Waals surface area contributed by atoms with E-state index in [2.05, 4.69) is 16.0 Å². The van der Waals surface area contributed by atoms with Crippen LogP contribution in [0.2, 0.25) is 0 Å². The Morgan fingerprint density at radius 2 is 1.86 bits per heavy atom. The predicted octanol–water partition coefficient (Wildman–Crippen LogP) is 2.04. The molecular formula is C17H25N3O2. The highest BCUT2D eigenvalue weighted by atomic mass is 16.2. The quantitative estimate of drug-likeness (QED) is 0.753. The van der Waals surface area contributed by atoms with Gasteiger partial charge in [-0.15, -0.1) is 0 Å². The maximum absolute atomic E-state index is 12.1. The molecule has 1 fully saturated rings. The van der Waals surface area contributed by atoms with Crippen molar-refractivity contribution in [3.8, 4) is 0 Å². The van der Waals surface area contributed by atoms with E-state index in [1.54, 1.807) is 0 Å². The molecule has 22 heavy (non-hydrogen) atoms. The van der Waals surface area contributed by atoms with E-state index in [9.17, 15) is 9.59 Å². The normalized spacial score (nSPS) is 15.3. The number of amides is 2. The van der Waals surface area contributed by atoms with Gasteiger partial charge in [0.25, 0.3) is 0 Å². The van der Waals surface area contributed by atoms with Crippen molar-refractivity contribution in [1.82, 2.24) is 10.6 Å². The second-order valence-electron chi connectivity index (χ2n) is 5.74. The van der Waals surface area contributed by atoms with Crippen molar-refractivity contribution in [1.29, 1.82) is 0 Å². The Bertz CT molecular complexity index is 493. The van der Waals surface area contributed by atoms with Crippen molar-refractivity contribution in [2.24, 2.45) is 5.92 Å². The maximum Gasteiger partial charge on any atom is 0.224 e. The Morgan fingerprint density at radius 3 is 2.50 bits per heavy atom. The molecule has 0 saturated carbocycles. The third kappa shape index (κ3) is 5.15. The number of hydrogen-bond donors (Lipinski definition) is 3. The number of benzene rings is 1. The summed E-state index contributed by atoms with van der Waals surface area (Å²) < 4.78 is 0. The SMILES string of the molecule is CCCC(=O)Nc1ccc(CNC(=O)C2CCNCC2)cc1. The Labute approximate surface area is 131 Å². The van der Waals surface area contributed by atoms with Crippen molar-refractivity contribution >= 4 is 17.5 Å². The molecule has 120 valence electrons. The van der Waals surface area contributed by atoms with Gasteiger partial charge in [-0.1, -0.05) is 19.1 Å². The third-order valence-electron chi connectivity index (χ3n) is 3.89. The monoisotopic (exact) mass is 303 g/mol. The lowest BCUT2D eigenvalue weighted by molar-refractivity contribution is -0.125. The summed E-state index contributed by atoms with van der Waals surface area (Å²) in [6, 6.07) is 7.62. The fourth-order valence-corrected chi connectivity index (χ4v) is 2.57. The summed E-state index contributed by atoms with van der Waals surface area (Å²) in [5.41, 5.74) is 1.84. The Kier molecular flexibility index (Phi) is 6.40. The van der Waals surface area contributed by atoms with Crippen LogP contribution < -0.4 is 16.0 Å². The summed E-state index contributed by atoms with van der Waals surface area (Å²) >= 11 is 0. The van der Waals surface area contributed by atoms with E-state index in [1.807, 2.05) is 31.2 Å². The van der Waals surface area contributed by atoms with Gasteiger partial charge in [-0.2, -0.15) is 0 Å². The highest BCUT2D eigenvalue weighted by Crippen LogP contribution is 2.13. The number of carbonyl (C=O) groups is 2. The van der Waals surface area contributed by atoms with Crippen LogP contribution in [0, 0.1) is 5.92 Å². The Morgan fingerprint density at radius 1 is 1.18 bits per heavy atom. The summed E-state index contributed by atoms with van der Waals surface area (Å²) in [7, 11) is 0. The fraction of sp³-hybridized carbons (Fsp3) is 0.529. The van der Waals surface area contributed by atoms with E-state index in [1.165, 1.54) is 0 Å². The van der Waals surface area contributed by atoms with Crippen molar-refractivity contribution in [3.05, 3.63) is 29.8 Å². The second kappa shape index (κ2) is 8.54. The molecule has 0 aromatic heterocycles. The summed E-state index contributed by atoms with van der Waals surface area (Å²) in [5, 5.41) is 9.11. The molecule has 1 saturated heterocycles. The van der Waals surface area contributed by atoms with Crippen LogP contribution in [0.1, 0.15) is 38.2 Å². The lowest BCUT2D eigenvalue weighted by atomic mass is 9.97. The number of hydrogen-bond acceptors (Lipinski definition) is 3. The minimum atomic E-state index is 0.0365. The average Bonchev–Trinajstić information content (AvgIpc) is 2.55. The van der Waals surface area contributed by atoms with Gasteiger partial charge in [-0.3, -0.25) is 9.59 Å². The fourth-order valence-electron chi connectivity index (χ4n) is 2.57. The zero-order valence-electron chi connectivity index (χ0n) is 13.2. The molecule has 1 aromatic rings. The number of anilines is 1. The van der Waals surface area contributed by atoms with Gasteiger partial charge in [0.1, 0.15) is 0 Å². The lowest BCUT2D eigenvalue weighted by Gasteiger charge is -2.21. The first-order valence-electron chi connectivity index (χ1n) is 8.06. The number of nitrogens with one attached hydrogen (secondary N) is 3. The molecule has 2 rings (SSSR count). The van der Waals surface area contributed by atoms with Gasteiger partial charge in [0.15, 0.2) is 0 Å². The molecule has 1 heterocycles. The van der Waals surface area contributed by atoms with Crippen LogP contribution in [0.4, 0.5) is 5.69 Å². The molecule has 0 radical (unpaired) electrons. The first kappa shape index (κ1) is 16.5. The molecular weight excluding hydrogens is 278 g/mol. The zero-order valence-corrected chi connectivity index (χ0v) is 13.2. The van der Waals surface area contributed by atoms with Gasteiger partial charge in [0, 0.05) is 24.6 Å². The summed E-state index contributed by atoms with van der Waals surface area (Å²) in [6.07, 6.45) is 3.20. The molecule has 1 aliphatic heterocycles. The van der Waals surface area contributed by atoms with Crippen LogP contribution >= 0.6 is 0 Å². The molecule has 5 heteroatoms. The second-order valence-corrected chi connectivity index (χ2v) is 5.74. The smallest absolute Gasteiger partial charge is 0.224 e. The van der Waals surface area contributed by atoms with Crippen LogP contribution in [0.3, 0.4) is 0 Å². The molecule has 0 atom stereocenters. The van der Waals surface area contributed by atoms with Crippen LogP contribution in [-0.2, 0) is 16.1 Å².